The van der Waals surface area contributed by atoms with Crippen LogP contribution >= 0.6 is 0 Å². The molecule has 2 heterocycles. The fourth-order valence-corrected chi connectivity index (χ4v) is 4.82. The number of aromatic nitrogens is 3. The van der Waals surface area contributed by atoms with Crippen LogP contribution in [0.15, 0.2) is 53.9 Å². The number of hydrogen-bond acceptors (Lipinski definition) is 6. The third-order valence-electron chi connectivity index (χ3n) is 5.21. The molecule has 0 aliphatic heterocycles. The van der Waals surface area contributed by atoms with Crippen molar-refractivity contribution in [2.45, 2.75) is 58.0 Å². The monoisotopic (exact) mass is 484 g/mol. The van der Waals surface area contributed by atoms with E-state index in [4.69, 9.17) is 0 Å². The Kier molecular flexibility index (Phi) is 7.45. The van der Waals surface area contributed by atoms with E-state index < -0.39 is 16.1 Å². The fourth-order valence-electron chi connectivity index (χ4n) is 3.77. The summed E-state index contributed by atoms with van der Waals surface area (Å²) in [7, 11) is -3.11. The number of pyridine rings is 1. The minimum absolute atomic E-state index is 0.0815. The number of methoxy groups -OCH3 is 1. The molecule has 1 amide bonds. The third kappa shape index (κ3) is 6.02. The van der Waals surface area contributed by atoms with Crippen molar-refractivity contribution in [2.75, 3.05) is 7.11 Å². The molecular weight excluding hydrogens is 452 g/mol. The Morgan fingerprint density at radius 3 is 2.38 bits per heavy atom. The van der Waals surface area contributed by atoms with Crippen LogP contribution in [-0.4, -0.2) is 36.2 Å². The standard InChI is InChI=1S/C25H32N4O4S/c1-17(2)13-19-14-21(22(27-15-19)34(31,32)28-24(30)33-6)20-9-7-18(8-10-20)16-29-12-11-26-23(29)25(3,4)5/h7-12,14-15,17H,13,16H2,1-6H3,(H,28,30). The van der Waals surface area contributed by atoms with Gasteiger partial charge in [0.2, 0.25) is 0 Å². The summed E-state index contributed by atoms with van der Waals surface area (Å²) in [6.07, 6.45) is 4.98. The van der Waals surface area contributed by atoms with E-state index >= 15 is 0 Å². The molecule has 3 aromatic rings. The van der Waals surface area contributed by atoms with Gasteiger partial charge < -0.3 is 9.30 Å². The summed E-state index contributed by atoms with van der Waals surface area (Å²) in [6.45, 7) is 11.2. The summed E-state index contributed by atoms with van der Waals surface area (Å²) in [6, 6.07) is 9.48. The van der Waals surface area contributed by atoms with Crippen molar-refractivity contribution in [3.05, 3.63) is 65.9 Å². The highest BCUT2D eigenvalue weighted by molar-refractivity contribution is 7.90. The molecule has 3 rings (SSSR count). The smallest absolute Gasteiger partial charge is 0.420 e. The zero-order valence-electron chi connectivity index (χ0n) is 20.5. The van der Waals surface area contributed by atoms with Crippen LogP contribution in [0.5, 0.6) is 0 Å². The first-order valence-corrected chi connectivity index (χ1v) is 12.6. The van der Waals surface area contributed by atoms with Crippen molar-refractivity contribution >= 4 is 16.1 Å². The van der Waals surface area contributed by atoms with Crippen LogP contribution < -0.4 is 4.72 Å². The van der Waals surface area contributed by atoms with E-state index in [1.807, 2.05) is 41.3 Å². The first-order chi connectivity index (χ1) is 15.9. The molecular formula is C25H32N4O4S. The molecule has 0 bridgehead atoms. The van der Waals surface area contributed by atoms with Gasteiger partial charge in [0.05, 0.1) is 7.11 Å². The lowest BCUT2D eigenvalue weighted by Crippen LogP contribution is -2.31. The zero-order chi connectivity index (χ0) is 25.1. The normalized spacial score (nSPS) is 12.1. The number of ether oxygens (including phenoxy) is 1. The van der Waals surface area contributed by atoms with Gasteiger partial charge >= 0.3 is 6.09 Å². The predicted octanol–water partition coefficient (Wildman–Crippen LogP) is 4.53. The van der Waals surface area contributed by atoms with Crippen LogP contribution in [-0.2, 0) is 33.1 Å². The average Bonchev–Trinajstić information content (AvgIpc) is 3.22. The number of sulfonamides is 1. The quantitative estimate of drug-likeness (QED) is 0.528. The van der Waals surface area contributed by atoms with E-state index in [-0.39, 0.29) is 10.4 Å². The Morgan fingerprint density at radius 2 is 1.79 bits per heavy atom. The van der Waals surface area contributed by atoms with Crippen molar-refractivity contribution in [1.29, 1.82) is 0 Å². The van der Waals surface area contributed by atoms with Crippen LogP contribution in [0.2, 0.25) is 0 Å². The van der Waals surface area contributed by atoms with Crippen molar-refractivity contribution in [3.8, 4) is 11.1 Å². The minimum atomic E-state index is -4.22. The van der Waals surface area contributed by atoms with Gasteiger partial charge in [-0.1, -0.05) is 58.9 Å². The first-order valence-electron chi connectivity index (χ1n) is 11.1. The van der Waals surface area contributed by atoms with Crippen molar-refractivity contribution in [1.82, 2.24) is 19.3 Å². The van der Waals surface area contributed by atoms with Gasteiger partial charge in [0.25, 0.3) is 10.0 Å². The summed E-state index contributed by atoms with van der Waals surface area (Å²) in [4.78, 5) is 20.3. The highest BCUT2D eigenvalue weighted by Gasteiger charge is 2.25. The Hall–Kier alpha value is -3.20. The van der Waals surface area contributed by atoms with Crippen LogP contribution in [0.25, 0.3) is 11.1 Å². The molecule has 0 fully saturated rings. The Bertz CT molecular complexity index is 1260. The fraction of sp³-hybridized carbons (Fsp3) is 0.400. The summed E-state index contributed by atoms with van der Waals surface area (Å²) in [5.74, 6) is 1.37. The molecule has 0 atom stereocenters. The Balaban J connectivity index is 1.99. The molecule has 0 radical (unpaired) electrons. The molecule has 0 saturated heterocycles. The maximum absolute atomic E-state index is 12.9. The van der Waals surface area contributed by atoms with E-state index in [9.17, 15) is 13.2 Å². The molecule has 8 nitrogen and oxygen atoms in total. The second-order valence-electron chi connectivity index (χ2n) is 9.72. The molecule has 0 unspecified atom stereocenters. The summed E-state index contributed by atoms with van der Waals surface area (Å²) >= 11 is 0. The number of amides is 1. The van der Waals surface area contributed by atoms with Gasteiger partial charge in [-0.05, 0) is 35.1 Å². The van der Waals surface area contributed by atoms with Gasteiger partial charge in [-0.25, -0.2) is 19.5 Å². The summed E-state index contributed by atoms with van der Waals surface area (Å²) in [5.41, 5.74) is 3.00. The number of nitrogens with one attached hydrogen (secondary N) is 1. The number of carbonyl (C=O) groups is 1. The summed E-state index contributed by atoms with van der Waals surface area (Å²) < 4.78 is 34.2. The molecule has 1 aromatic carbocycles. The highest BCUT2D eigenvalue weighted by Crippen LogP contribution is 2.29. The van der Waals surface area contributed by atoms with Crippen LogP contribution in [0.1, 0.15) is 51.6 Å². The van der Waals surface area contributed by atoms with Gasteiger partial charge in [-0.15, -0.1) is 0 Å². The van der Waals surface area contributed by atoms with Gasteiger partial charge in [0, 0.05) is 36.1 Å². The van der Waals surface area contributed by atoms with Crippen molar-refractivity contribution < 1.29 is 17.9 Å². The van der Waals surface area contributed by atoms with E-state index in [0.717, 1.165) is 30.5 Å². The highest BCUT2D eigenvalue weighted by atomic mass is 32.2. The number of rotatable bonds is 7. The second-order valence-corrected chi connectivity index (χ2v) is 11.3. The van der Waals surface area contributed by atoms with Gasteiger partial charge in [0.15, 0.2) is 5.03 Å². The minimum Gasteiger partial charge on any atom is -0.452 e. The summed E-state index contributed by atoms with van der Waals surface area (Å²) in [5, 5.41) is -0.220. The average molecular weight is 485 g/mol. The zero-order valence-corrected chi connectivity index (χ0v) is 21.3. The van der Waals surface area contributed by atoms with Gasteiger partial charge in [-0.2, -0.15) is 8.42 Å². The largest absolute Gasteiger partial charge is 0.452 e. The van der Waals surface area contributed by atoms with Crippen LogP contribution in [0, 0.1) is 5.92 Å². The maximum atomic E-state index is 12.9. The topological polar surface area (TPSA) is 103 Å². The lowest BCUT2D eigenvalue weighted by atomic mass is 9.95. The van der Waals surface area contributed by atoms with Crippen molar-refractivity contribution in [3.63, 3.8) is 0 Å². The van der Waals surface area contributed by atoms with E-state index in [1.165, 1.54) is 6.20 Å². The maximum Gasteiger partial charge on any atom is 0.420 e. The predicted molar refractivity (Wildman–Crippen MR) is 131 cm³/mol. The molecule has 2 aromatic heterocycles. The van der Waals surface area contributed by atoms with E-state index in [2.05, 4.69) is 53.9 Å². The van der Waals surface area contributed by atoms with Crippen LogP contribution in [0.3, 0.4) is 0 Å². The second kappa shape index (κ2) is 9.97. The molecule has 182 valence electrons. The Labute approximate surface area is 201 Å². The van der Waals surface area contributed by atoms with Gasteiger partial charge in [-0.3, -0.25) is 0 Å². The van der Waals surface area contributed by atoms with Crippen molar-refractivity contribution in [2.24, 2.45) is 5.92 Å². The number of benzene rings is 1. The molecule has 1 N–H and O–H groups in total. The molecule has 34 heavy (non-hydrogen) atoms. The molecule has 0 aliphatic rings. The van der Waals surface area contributed by atoms with Crippen LogP contribution in [0.4, 0.5) is 4.79 Å². The molecule has 0 saturated carbocycles. The third-order valence-corrected chi connectivity index (χ3v) is 6.48. The number of carbonyl (C=O) groups excluding carboxylic acids is 1. The number of nitrogens with zero attached hydrogens (tertiary/aromatic N) is 3. The molecule has 9 heteroatoms. The lowest BCUT2D eigenvalue weighted by molar-refractivity contribution is 0.177. The molecule has 0 aliphatic carbocycles. The van der Waals surface area contributed by atoms with E-state index in [1.54, 1.807) is 6.20 Å². The number of imidazole rings is 1. The van der Waals surface area contributed by atoms with E-state index in [0.29, 0.717) is 23.6 Å². The lowest BCUT2D eigenvalue weighted by Gasteiger charge is -2.20. The SMILES string of the molecule is COC(=O)NS(=O)(=O)c1ncc(CC(C)C)cc1-c1ccc(Cn2ccnc2C(C)(C)C)cc1. The Morgan fingerprint density at radius 1 is 1.12 bits per heavy atom. The number of hydrogen-bond donors (Lipinski definition) is 1. The van der Waals surface area contributed by atoms with Gasteiger partial charge in [0.1, 0.15) is 5.82 Å². The first kappa shape index (κ1) is 25.4. The molecule has 0 spiro atoms.